The number of ether oxygens (including phenoxy) is 2. The minimum Gasteiger partial charge on any atom is -0.486 e. The Bertz CT molecular complexity index is 859. The van der Waals surface area contributed by atoms with Crippen molar-refractivity contribution in [3.63, 3.8) is 0 Å². The lowest BCUT2D eigenvalue weighted by atomic mass is 9.98. The van der Waals surface area contributed by atoms with Gasteiger partial charge in [-0.05, 0) is 50.9 Å². The number of carbonyl (C=O) groups excluding carboxylic acids is 1. The minimum absolute atomic E-state index is 0.00191. The molecule has 1 aliphatic carbocycles. The zero-order valence-electron chi connectivity index (χ0n) is 15.7. The Morgan fingerprint density at radius 3 is 2.43 bits per heavy atom. The average molecular weight is 401 g/mol. The van der Waals surface area contributed by atoms with Crippen molar-refractivity contribution in [3.8, 4) is 11.5 Å². The molecule has 2 aliphatic heterocycles. The average Bonchev–Trinajstić information content (AvgIpc) is 3.45. The van der Waals surface area contributed by atoms with Crippen LogP contribution >= 0.6 is 11.3 Å². The van der Waals surface area contributed by atoms with Gasteiger partial charge in [-0.15, -0.1) is 21.5 Å². The normalized spacial score (nSPS) is 20.1. The number of fused-ring (bicyclic) bond motifs is 1. The van der Waals surface area contributed by atoms with E-state index < -0.39 is 0 Å². The second-order valence-electron chi connectivity index (χ2n) is 7.71. The quantitative estimate of drug-likeness (QED) is 0.831. The van der Waals surface area contributed by atoms with Crippen LogP contribution in [0, 0.1) is 0 Å². The van der Waals surface area contributed by atoms with Crippen LogP contribution in [0.25, 0.3) is 0 Å². The molecule has 1 saturated heterocycles. The summed E-state index contributed by atoms with van der Waals surface area (Å²) < 4.78 is 11.1. The van der Waals surface area contributed by atoms with Crippen molar-refractivity contribution in [2.75, 3.05) is 38.2 Å². The summed E-state index contributed by atoms with van der Waals surface area (Å²) in [6.07, 6.45) is 4.62. The molecule has 1 amide bonds. The van der Waals surface area contributed by atoms with Crippen LogP contribution in [0.4, 0.5) is 5.69 Å². The molecule has 7 nitrogen and oxygen atoms in total. The zero-order chi connectivity index (χ0) is 18.9. The summed E-state index contributed by atoms with van der Waals surface area (Å²) in [6.45, 7) is 3.34. The third kappa shape index (κ3) is 3.98. The number of carbonyl (C=O) groups is 1. The number of anilines is 1. The Kier molecular flexibility index (Phi) is 4.90. The van der Waals surface area contributed by atoms with Gasteiger partial charge < -0.3 is 14.8 Å². The van der Waals surface area contributed by atoms with Crippen molar-refractivity contribution < 1.29 is 14.3 Å². The molecule has 3 aliphatic rings. The van der Waals surface area contributed by atoms with Crippen LogP contribution in [0.2, 0.25) is 0 Å². The van der Waals surface area contributed by atoms with Crippen LogP contribution in [0.1, 0.15) is 47.5 Å². The summed E-state index contributed by atoms with van der Waals surface area (Å²) in [5.74, 6) is 2.58. The fraction of sp³-hybridized carbons (Fsp3) is 0.550. The molecular weight excluding hydrogens is 376 g/mol. The van der Waals surface area contributed by atoms with Crippen molar-refractivity contribution >= 4 is 22.9 Å². The Balaban J connectivity index is 1.11. The summed E-state index contributed by atoms with van der Waals surface area (Å²) in [5, 5.41) is 14.2. The fourth-order valence-corrected chi connectivity index (χ4v) is 4.95. The zero-order valence-corrected chi connectivity index (χ0v) is 16.5. The first kappa shape index (κ1) is 17.9. The van der Waals surface area contributed by atoms with Gasteiger partial charge in [0.1, 0.15) is 23.2 Å². The van der Waals surface area contributed by atoms with Crippen LogP contribution in [-0.4, -0.2) is 53.9 Å². The molecule has 1 aromatic carbocycles. The highest BCUT2D eigenvalue weighted by Gasteiger charge is 2.30. The third-order valence-electron chi connectivity index (χ3n) is 5.51. The number of piperidine rings is 1. The molecule has 8 heteroatoms. The van der Waals surface area contributed by atoms with E-state index in [1.54, 1.807) is 11.3 Å². The summed E-state index contributed by atoms with van der Waals surface area (Å²) >= 11 is 1.80. The second-order valence-corrected chi connectivity index (χ2v) is 8.75. The molecule has 2 aromatic rings. The monoisotopic (exact) mass is 400 g/mol. The highest BCUT2D eigenvalue weighted by molar-refractivity contribution is 7.11. The van der Waals surface area contributed by atoms with E-state index in [9.17, 15) is 4.79 Å². The topological polar surface area (TPSA) is 76.6 Å². The first-order chi connectivity index (χ1) is 13.7. The molecule has 1 aromatic heterocycles. The molecule has 0 unspecified atom stereocenters. The largest absolute Gasteiger partial charge is 0.486 e. The summed E-state index contributed by atoms with van der Waals surface area (Å²) in [4.78, 5) is 14.7. The summed E-state index contributed by atoms with van der Waals surface area (Å²) in [6, 6.07) is 5.52. The van der Waals surface area contributed by atoms with E-state index in [2.05, 4.69) is 20.4 Å². The molecule has 2 fully saturated rings. The van der Waals surface area contributed by atoms with Gasteiger partial charge in [0.25, 0.3) is 0 Å². The minimum atomic E-state index is 0.00191. The van der Waals surface area contributed by atoms with Crippen LogP contribution in [0.3, 0.4) is 0 Å². The fourth-order valence-electron chi connectivity index (χ4n) is 3.77. The molecule has 0 spiro atoms. The predicted molar refractivity (Wildman–Crippen MR) is 106 cm³/mol. The van der Waals surface area contributed by atoms with Gasteiger partial charge in [-0.3, -0.25) is 9.69 Å². The highest BCUT2D eigenvalue weighted by atomic mass is 32.1. The molecule has 5 rings (SSSR count). The van der Waals surface area contributed by atoms with E-state index in [0.717, 1.165) is 37.4 Å². The number of aromatic nitrogens is 2. The number of nitrogens with zero attached hydrogens (tertiary/aromatic N) is 3. The van der Waals surface area contributed by atoms with Crippen molar-refractivity contribution in [2.24, 2.45) is 0 Å². The number of likely N-dealkylation sites (tertiary alicyclic amines) is 1. The van der Waals surface area contributed by atoms with Crippen molar-refractivity contribution in [1.82, 2.24) is 15.1 Å². The number of nitrogens with one attached hydrogen (secondary N) is 1. The number of rotatable bonds is 5. The lowest BCUT2D eigenvalue weighted by Crippen LogP contribution is -2.38. The molecule has 28 heavy (non-hydrogen) atoms. The van der Waals surface area contributed by atoms with Gasteiger partial charge in [-0.2, -0.15) is 0 Å². The van der Waals surface area contributed by atoms with Gasteiger partial charge in [0.15, 0.2) is 11.5 Å². The summed E-state index contributed by atoms with van der Waals surface area (Å²) in [7, 11) is 0. The molecule has 0 bridgehead atoms. The van der Waals surface area contributed by atoms with Crippen LogP contribution < -0.4 is 14.8 Å². The summed E-state index contributed by atoms with van der Waals surface area (Å²) in [5.41, 5.74) is 0.741. The van der Waals surface area contributed by atoms with Crippen LogP contribution in [-0.2, 0) is 4.79 Å². The number of hydrogen-bond acceptors (Lipinski definition) is 7. The van der Waals surface area contributed by atoms with E-state index in [4.69, 9.17) is 9.47 Å². The maximum atomic E-state index is 12.4. The third-order valence-corrected chi connectivity index (χ3v) is 6.76. The number of benzene rings is 1. The van der Waals surface area contributed by atoms with E-state index in [-0.39, 0.29) is 5.91 Å². The van der Waals surface area contributed by atoms with Crippen LogP contribution in [0.5, 0.6) is 11.5 Å². The Labute approximate surface area is 168 Å². The van der Waals surface area contributed by atoms with Crippen molar-refractivity contribution in [1.29, 1.82) is 0 Å². The second kappa shape index (κ2) is 7.67. The SMILES string of the molecule is O=C(CN1CCC(c2nnc(C3CC3)s2)CC1)Nc1ccc2c(c1)OCCO2. The predicted octanol–water partition coefficient (Wildman–Crippen LogP) is 3.00. The number of amides is 1. The molecular formula is C20H24N4O3S. The molecule has 1 saturated carbocycles. The molecule has 1 N–H and O–H groups in total. The maximum Gasteiger partial charge on any atom is 0.238 e. The number of hydrogen-bond donors (Lipinski definition) is 1. The molecule has 0 atom stereocenters. The van der Waals surface area contributed by atoms with Gasteiger partial charge in [-0.1, -0.05) is 0 Å². The Morgan fingerprint density at radius 2 is 1.71 bits per heavy atom. The standard InChI is InChI=1S/C20H24N4O3S/c25-18(21-15-3-4-16-17(11-15)27-10-9-26-16)12-24-7-5-14(6-8-24)20-23-22-19(28-20)13-1-2-13/h3-4,11,13-14H,1-2,5-10,12H2,(H,21,25). The van der Waals surface area contributed by atoms with Crippen molar-refractivity contribution in [3.05, 3.63) is 28.2 Å². The molecule has 3 heterocycles. The van der Waals surface area contributed by atoms with Crippen molar-refractivity contribution in [2.45, 2.75) is 37.5 Å². The van der Waals surface area contributed by atoms with Gasteiger partial charge in [0.2, 0.25) is 5.91 Å². The Hall–Kier alpha value is -2.19. The lowest BCUT2D eigenvalue weighted by molar-refractivity contribution is -0.117. The Morgan fingerprint density at radius 1 is 1.04 bits per heavy atom. The van der Waals surface area contributed by atoms with Gasteiger partial charge >= 0.3 is 0 Å². The van der Waals surface area contributed by atoms with E-state index >= 15 is 0 Å². The smallest absolute Gasteiger partial charge is 0.238 e. The highest BCUT2D eigenvalue weighted by Crippen LogP contribution is 2.43. The van der Waals surface area contributed by atoms with E-state index in [1.165, 1.54) is 22.9 Å². The van der Waals surface area contributed by atoms with Gasteiger partial charge in [-0.25, -0.2) is 0 Å². The van der Waals surface area contributed by atoms with Crippen LogP contribution in [0.15, 0.2) is 18.2 Å². The van der Waals surface area contributed by atoms with E-state index in [1.807, 2.05) is 18.2 Å². The first-order valence-electron chi connectivity index (χ1n) is 10.00. The molecule has 148 valence electrons. The van der Waals surface area contributed by atoms with E-state index in [0.29, 0.717) is 37.3 Å². The molecule has 0 radical (unpaired) electrons. The van der Waals surface area contributed by atoms with Gasteiger partial charge in [0, 0.05) is 23.6 Å². The first-order valence-corrected chi connectivity index (χ1v) is 10.8. The maximum absolute atomic E-state index is 12.4. The van der Waals surface area contributed by atoms with Gasteiger partial charge in [0.05, 0.1) is 6.54 Å². The lowest BCUT2D eigenvalue weighted by Gasteiger charge is -2.30.